The van der Waals surface area contributed by atoms with Gasteiger partial charge < -0.3 is 10.1 Å². The number of unbranched alkanes of at least 4 members (excludes halogenated alkanes) is 1. The molecule has 1 heterocycles. The summed E-state index contributed by atoms with van der Waals surface area (Å²) in [5, 5.41) is 4.19. The van der Waals surface area contributed by atoms with Gasteiger partial charge in [-0.2, -0.15) is 0 Å². The topological polar surface area (TPSA) is 55.4 Å². The van der Waals surface area contributed by atoms with Crippen LogP contribution in [0, 0.1) is 0 Å². The Labute approximate surface area is 144 Å². The van der Waals surface area contributed by atoms with Crippen LogP contribution in [0.5, 0.6) is 0 Å². The van der Waals surface area contributed by atoms with Crippen LogP contribution < -0.4 is 5.32 Å². The van der Waals surface area contributed by atoms with E-state index in [-0.39, 0.29) is 11.9 Å². The van der Waals surface area contributed by atoms with Crippen molar-refractivity contribution in [1.29, 1.82) is 0 Å². The van der Waals surface area contributed by atoms with Gasteiger partial charge in [-0.25, -0.2) is 4.79 Å². The highest BCUT2D eigenvalue weighted by atomic mass is 35.5. The van der Waals surface area contributed by atoms with Crippen molar-refractivity contribution in [2.75, 3.05) is 17.8 Å². The van der Waals surface area contributed by atoms with E-state index in [1.807, 2.05) is 31.2 Å². The zero-order chi connectivity index (χ0) is 16.7. The summed E-state index contributed by atoms with van der Waals surface area (Å²) in [4.78, 5) is 24.4. The number of halogens is 1. The monoisotopic (exact) mass is 353 g/mol. The van der Waals surface area contributed by atoms with E-state index in [2.05, 4.69) is 5.32 Å². The van der Waals surface area contributed by atoms with Gasteiger partial charge in [0.05, 0.1) is 6.61 Å². The number of benzene rings is 1. The zero-order valence-electron chi connectivity index (χ0n) is 13.1. The predicted molar refractivity (Wildman–Crippen MR) is 95.6 cm³/mol. The molecule has 1 aromatic carbocycles. The molecule has 2 aromatic rings. The zero-order valence-corrected chi connectivity index (χ0v) is 14.6. The molecule has 4 nitrogen and oxygen atoms in total. The van der Waals surface area contributed by atoms with Crippen LogP contribution in [-0.2, 0) is 9.53 Å². The number of hydrogen-bond acceptors (Lipinski definition) is 4. The standard InChI is InChI=1S/C17H20ClNO3S/c1-2-3-11-22-17(21)15-12-7-4-5-8-13(12)23-16(15)19-14(20)9-6-10-18/h4-5,7-8H,2-3,6,9-11H2,1H3,(H,19,20). The Bertz CT molecular complexity index is 684. The molecule has 0 fully saturated rings. The molecule has 0 spiro atoms. The highest BCUT2D eigenvalue weighted by Crippen LogP contribution is 2.36. The number of hydrogen-bond donors (Lipinski definition) is 1. The van der Waals surface area contributed by atoms with E-state index in [0.717, 1.165) is 22.9 Å². The van der Waals surface area contributed by atoms with E-state index in [1.54, 1.807) is 0 Å². The fourth-order valence-corrected chi connectivity index (χ4v) is 3.37. The van der Waals surface area contributed by atoms with Gasteiger partial charge in [0.15, 0.2) is 0 Å². The number of ether oxygens (including phenoxy) is 1. The second-order valence-electron chi connectivity index (χ2n) is 5.13. The molecule has 0 saturated heterocycles. The molecular formula is C17H20ClNO3S. The first kappa shape index (κ1) is 17.8. The number of esters is 1. The number of alkyl halides is 1. The van der Waals surface area contributed by atoms with Gasteiger partial charge in [0.25, 0.3) is 0 Å². The minimum atomic E-state index is -0.386. The van der Waals surface area contributed by atoms with E-state index in [1.165, 1.54) is 11.3 Å². The number of rotatable bonds is 8. The molecule has 0 radical (unpaired) electrons. The van der Waals surface area contributed by atoms with E-state index < -0.39 is 0 Å². The van der Waals surface area contributed by atoms with E-state index in [0.29, 0.717) is 35.9 Å². The van der Waals surface area contributed by atoms with Gasteiger partial charge in [-0.15, -0.1) is 22.9 Å². The molecule has 0 atom stereocenters. The van der Waals surface area contributed by atoms with Crippen LogP contribution in [0.4, 0.5) is 5.00 Å². The summed E-state index contributed by atoms with van der Waals surface area (Å²) in [5.74, 6) is -0.0884. The van der Waals surface area contributed by atoms with Crippen LogP contribution in [0.15, 0.2) is 24.3 Å². The lowest BCUT2D eigenvalue weighted by molar-refractivity contribution is -0.116. The number of carbonyl (C=O) groups excluding carboxylic acids is 2. The number of fused-ring (bicyclic) bond motifs is 1. The Morgan fingerprint density at radius 2 is 2.04 bits per heavy atom. The lowest BCUT2D eigenvalue weighted by atomic mass is 10.1. The smallest absolute Gasteiger partial charge is 0.341 e. The summed E-state index contributed by atoms with van der Waals surface area (Å²) < 4.78 is 6.28. The third kappa shape index (κ3) is 4.69. The fourth-order valence-electron chi connectivity index (χ4n) is 2.13. The van der Waals surface area contributed by atoms with Crippen molar-refractivity contribution in [3.05, 3.63) is 29.8 Å². The predicted octanol–water partition coefficient (Wildman–Crippen LogP) is 4.82. The molecule has 124 valence electrons. The number of thiophene rings is 1. The molecule has 0 bridgehead atoms. The first-order valence-electron chi connectivity index (χ1n) is 7.71. The molecule has 1 amide bonds. The van der Waals surface area contributed by atoms with Crippen LogP contribution in [0.25, 0.3) is 10.1 Å². The van der Waals surface area contributed by atoms with Crippen LogP contribution >= 0.6 is 22.9 Å². The van der Waals surface area contributed by atoms with Gasteiger partial charge >= 0.3 is 5.97 Å². The minimum Gasteiger partial charge on any atom is -0.462 e. The van der Waals surface area contributed by atoms with E-state index in [9.17, 15) is 9.59 Å². The molecular weight excluding hydrogens is 334 g/mol. The second kappa shape index (κ2) is 8.89. The van der Waals surface area contributed by atoms with Gasteiger partial charge in [-0.3, -0.25) is 4.79 Å². The molecule has 0 aliphatic carbocycles. The van der Waals surface area contributed by atoms with Crippen LogP contribution in [0.1, 0.15) is 43.0 Å². The van der Waals surface area contributed by atoms with E-state index in [4.69, 9.17) is 16.3 Å². The SMILES string of the molecule is CCCCOC(=O)c1c(NC(=O)CCCCl)sc2ccccc12. The van der Waals surface area contributed by atoms with Gasteiger partial charge in [0.1, 0.15) is 10.6 Å². The number of amides is 1. The first-order chi connectivity index (χ1) is 11.2. The Morgan fingerprint density at radius 1 is 1.26 bits per heavy atom. The van der Waals surface area contributed by atoms with Crippen LogP contribution in [-0.4, -0.2) is 24.4 Å². The van der Waals surface area contributed by atoms with E-state index >= 15 is 0 Å². The molecule has 0 aliphatic heterocycles. The van der Waals surface area contributed by atoms with Gasteiger partial charge in [0, 0.05) is 22.4 Å². The van der Waals surface area contributed by atoms with Crippen LogP contribution in [0.2, 0.25) is 0 Å². The maximum Gasteiger partial charge on any atom is 0.341 e. The third-order valence-electron chi connectivity index (χ3n) is 3.32. The number of anilines is 1. The molecule has 0 saturated carbocycles. The van der Waals surface area contributed by atoms with Gasteiger partial charge in [-0.1, -0.05) is 31.5 Å². The molecule has 0 aliphatic rings. The molecule has 1 N–H and O–H groups in total. The highest BCUT2D eigenvalue weighted by molar-refractivity contribution is 7.23. The van der Waals surface area contributed by atoms with Crippen molar-refractivity contribution in [2.45, 2.75) is 32.6 Å². The summed E-state index contributed by atoms with van der Waals surface area (Å²) in [6.45, 7) is 2.43. The maximum absolute atomic E-state index is 12.4. The molecule has 23 heavy (non-hydrogen) atoms. The quantitative estimate of drug-likeness (QED) is 0.420. The van der Waals surface area contributed by atoms with Crippen molar-refractivity contribution >= 4 is 49.9 Å². The summed E-state index contributed by atoms with van der Waals surface area (Å²) in [6, 6.07) is 7.58. The normalized spacial score (nSPS) is 10.7. The fraction of sp³-hybridized carbons (Fsp3) is 0.412. The minimum absolute atomic E-state index is 0.139. The third-order valence-corrected chi connectivity index (χ3v) is 4.67. The maximum atomic E-state index is 12.4. The Hall–Kier alpha value is -1.59. The molecule has 0 unspecified atom stereocenters. The average molecular weight is 354 g/mol. The van der Waals surface area contributed by atoms with Gasteiger partial charge in [-0.05, 0) is 18.9 Å². The number of carbonyl (C=O) groups is 2. The van der Waals surface area contributed by atoms with Crippen molar-refractivity contribution in [2.24, 2.45) is 0 Å². The number of nitrogens with one attached hydrogen (secondary N) is 1. The van der Waals surface area contributed by atoms with Crippen molar-refractivity contribution < 1.29 is 14.3 Å². The molecule has 6 heteroatoms. The molecule has 2 rings (SSSR count). The summed E-state index contributed by atoms with van der Waals surface area (Å²) in [7, 11) is 0. The average Bonchev–Trinajstić information content (AvgIpc) is 2.90. The van der Waals surface area contributed by atoms with Crippen LogP contribution in [0.3, 0.4) is 0 Å². The first-order valence-corrected chi connectivity index (χ1v) is 9.07. The highest BCUT2D eigenvalue weighted by Gasteiger charge is 2.21. The second-order valence-corrected chi connectivity index (χ2v) is 6.56. The summed E-state index contributed by atoms with van der Waals surface area (Å²) in [6.07, 6.45) is 2.72. The summed E-state index contributed by atoms with van der Waals surface area (Å²) >= 11 is 7.00. The lowest BCUT2D eigenvalue weighted by Gasteiger charge is -2.07. The van der Waals surface area contributed by atoms with Crippen molar-refractivity contribution in [1.82, 2.24) is 0 Å². The lowest BCUT2D eigenvalue weighted by Crippen LogP contribution is -2.14. The van der Waals surface area contributed by atoms with Crippen molar-refractivity contribution in [3.63, 3.8) is 0 Å². The Morgan fingerprint density at radius 3 is 2.78 bits per heavy atom. The summed E-state index contributed by atoms with van der Waals surface area (Å²) in [5.41, 5.74) is 0.445. The van der Waals surface area contributed by atoms with Crippen molar-refractivity contribution in [3.8, 4) is 0 Å². The molecule has 1 aromatic heterocycles. The largest absolute Gasteiger partial charge is 0.462 e. The Balaban J connectivity index is 2.26. The Kier molecular flexibility index (Phi) is 6.86. The van der Waals surface area contributed by atoms with Gasteiger partial charge in [0.2, 0.25) is 5.91 Å².